The van der Waals surface area contributed by atoms with E-state index in [0.717, 1.165) is 5.70 Å². The summed E-state index contributed by atoms with van der Waals surface area (Å²) in [5.74, 6) is 0. The zero-order chi connectivity index (χ0) is 18.8. The lowest BCUT2D eigenvalue weighted by molar-refractivity contribution is 0.00723. The van der Waals surface area contributed by atoms with Crippen LogP contribution in [0.1, 0.15) is 51.8 Å². The van der Waals surface area contributed by atoms with Crippen LogP contribution in [0, 0.1) is 6.92 Å². The first-order chi connectivity index (χ1) is 12.2. The molecule has 1 aromatic rings. The van der Waals surface area contributed by atoms with E-state index in [4.69, 9.17) is 4.74 Å². The fourth-order valence-corrected chi connectivity index (χ4v) is 2.83. The zero-order valence-electron chi connectivity index (χ0n) is 16.5. The minimum Gasteiger partial charge on any atom is -0.379 e. The first kappa shape index (κ1) is 21.6. The highest BCUT2D eigenvalue weighted by Crippen LogP contribution is 2.29. The molecule has 0 saturated carbocycles. The molecular formula is C20H35N3O2. The van der Waals surface area contributed by atoms with Crippen LogP contribution in [0.5, 0.6) is 0 Å². The second-order valence-electron chi connectivity index (χ2n) is 5.60. The number of rotatable bonds is 4. The van der Waals surface area contributed by atoms with Crippen LogP contribution >= 0.6 is 0 Å². The van der Waals surface area contributed by atoms with E-state index in [0.29, 0.717) is 19.8 Å². The highest BCUT2D eigenvalue weighted by atomic mass is 16.5. The van der Waals surface area contributed by atoms with Crippen molar-refractivity contribution in [1.29, 1.82) is 0 Å². The van der Waals surface area contributed by atoms with Crippen molar-refractivity contribution in [2.45, 2.75) is 59.9 Å². The predicted molar refractivity (Wildman–Crippen MR) is 104 cm³/mol. The molecule has 5 heteroatoms. The highest BCUT2D eigenvalue weighted by molar-refractivity contribution is 5.31. The lowest BCUT2D eigenvalue weighted by atomic mass is 10.1. The molecule has 0 aromatic heterocycles. The van der Waals surface area contributed by atoms with Gasteiger partial charge in [-0.2, -0.15) is 0 Å². The fraction of sp³-hybridized carbons (Fsp3) is 0.600. The Morgan fingerprint density at radius 1 is 1.16 bits per heavy atom. The molecule has 25 heavy (non-hydrogen) atoms. The minimum atomic E-state index is -0.620. The molecule has 3 rings (SSSR count). The Hall–Kier alpha value is -1.40. The quantitative estimate of drug-likeness (QED) is 0.780. The number of nitrogens with one attached hydrogen (secondary N) is 2. The number of hydrazine groups is 1. The summed E-state index contributed by atoms with van der Waals surface area (Å²) in [5.41, 5.74) is 6.81. The van der Waals surface area contributed by atoms with Gasteiger partial charge in [0.2, 0.25) is 0 Å². The molecule has 0 radical (unpaired) electrons. The first-order valence-electron chi connectivity index (χ1n) is 9.52. The number of nitrogens with zero attached hydrogens (tertiary/aromatic N) is 1. The van der Waals surface area contributed by atoms with Crippen LogP contribution in [0.4, 0.5) is 0 Å². The molecule has 3 N–H and O–H groups in total. The molecule has 2 heterocycles. The Labute approximate surface area is 153 Å². The lowest BCUT2D eigenvalue weighted by Gasteiger charge is -2.39. The van der Waals surface area contributed by atoms with Gasteiger partial charge in [0.1, 0.15) is 6.23 Å². The van der Waals surface area contributed by atoms with Gasteiger partial charge in [0, 0.05) is 13.2 Å². The topological polar surface area (TPSA) is 56.8 Å². The molecule has 2 aliphatic heterocycles. The van der Waals surface area contributed by atoms with E-state index in [9.17, 15) is 5.11 Å². The number of aliphatic hydroxyl groups is 1. The maximum Gasteiger partial charge on any atom is 0.147 e. The highest BCUT2D eigenvalue weighted by Gasteiger charge is 2.36. The summed E-state index contributed by atoms with van der Waals surface area (Å²) in [7, 11) is 0. The summed E-state index contributed by atoms with van der Waals surface area (Å²) in [6.07, 6.45) is 1.46. The molecule has 0 amide bonds. The van der Waals surface area contributed by atoms with E-state index in [1.54, 1.807) is 0 Å². The van der Waals surface area contributed by atoms with Crippen LogP contribution in [0.25, 0.3) is 0 Å². The molecule has 3 atom stereocenters. The van der Waals surface area contributed by atoms with E-state index in [1.165, 1.54) is 11.1 Å². The maximum atomic E-state index is 10.1. The molecule has 142 valence electrons. The third-order valence-electron chi connectivity index (χ3n) is 4.04. The zero-order valence-corrected chi connectivity index (χ0v) is 16.5. The van der Waals surface area contributed by atoms with Gasteiger partial charge in [-0.15, -0.1) is 0 Å². The average Bonchev–Trinajstić information content (AvgIpc) is 3.12. The van der Waals surface area contributed by atoms with Gasteiger partial charge in [0.15, 0.2) is 0 Å². The van der Waals surface area contributed by atoms with Crippen molar-refractivity contribution < 1.29 is 9.84 Å². The summed E-state index contributed by atoms with van der Waals surface area (Å²) >= 11 is 0. The Bertz CT molecular complexity index is 514. The number of hydrogen-bond acceptors (Lipinski definition) is 5. The van der Waals surface area contributed by atoms with Gasteiger partial charge in [-0.25, -0.2) is 5.43 Å². The summed E-state index contributed by atoms with van der Waals surface area (Å²) in [5, 5.41) is 15.3. The number of aliphatic hydroxyl groups excluding tert-OH is 1. The smallest absolute Gasteiger partial charge is 0.147 e. The number of piperazine rings is 1. The third-order valence-corrected chi connectivity index (χ3v) is 4.04. The van der Waals surface area contributed by atoms with E-state index in [-0.39, 0.29) is 12.1 Å². The molecular weight excluding hydrogens is 314 g/mol. The summed E-state index contributed by atoms with van der Waals surface area (Å²) in [6.45, 7) is 14.1. The maximum absolute atomic E-state index is 10.1. The molecule has 0 spiro atoms. The molecule has 3 unspecified atom stereocenters. The lowest BCUT2D eigenvalue weighted by Crippen LogP contribution is -2.58. The van der Waals surface area contributed by atoms with Crippen molar-refractivity contribution in [1.82, 2.24) is 15.8 Å². The Morgan fingerprint density at radius 3 is 2.40 bits per heavy atom. The SMILES string of the molecule is CC.CC.CCOCC1CNC(O)C2=CC(c3ccc(C)cc3)NN21. The summed E-state index contributed by atoms with van der Waals surface area (Å²) in [4.78, 5) is 0. The van der Waals surface area contributed by atoms with Gasteiger partial charge >= 0.3 is 0 Å². The van der Waals surface area contributed by atoms with Gasteiger partial charge in [-0.1, -0.05) is 57.5 Å². The standard InChI is InChI=1S/C16H23N3O2.2C2H6/c1-3-21-10-13-9-17-16(20)15-8-14(18-19(13)15)12-6-4-11(2)5-7-12;2*1-2/h4-8,13-14,16-18,20H,3,9-10H2,1-2H3;2*1-2H3. The van der Waals surface area contributed by atoms with Crippen molar-refractivity contribution in [3.8, 4) is 0 Å². The first-order valence-corrected chi connectivity index (χ1v) is 9.52. The van der Waals surface area contributed by atoms with Gasteiger partial charge in [0.25, 0.3) is 0 Å². The van der Waals surface area contributed by atoms with Crippen LogP contribution in [0.3, 0.4) is 0 Å². The van der Waals surface area contributed by atoms with E-state index < -0.39 is 6.23 Å². The monoisotopic (exact) mass is 349 g/mol. The number of benzene rings is 1. The minimum absolute atomic E-state index is 0.0966. The normalized spacial score (nSPS) is 24.4. The largest absolute Gasteiger partial charge is 0.379 e. The van der Waals surface area contributed by atoms with E-state index in [1.807, 2.05) is 34.6 Å². The van der Waals surface area contributed by atoms with Gasteiger partial charge in [0.05, 0.1) is 24.4 Å². The van der Waals surface area contributed by atoms with Crippen LogP contribution in [0.15, 0.2) is 36.0 Å². The van der Waals surface area contributed by atoms with Crippen molar-refractivity contribution in [2.24, 2.45) is 0 Å². The number of aryl methyl sites for hydroxylation is 1. The van der Waals surface area contributed by atoms with Gasteiger partial charge in [-0.05, 0) is 25.5 Å². The molecule has 1 aromatic carbocycles. The predicted octanol–water partition coefficient (Wildman–Crippen LogP) is 3.12. The number of hydrogen-bond donors (Lipinski definition) is 3. The Kier molecular flexibility index (Phi) is 9.75. The van der Waals surface area contributed by atoms with Crippen LogP contribution in [-0.4, -0.2) is 42.1 Å². The molecule has 2 aliphatic rings. The van der Waals surface area contributed by atoms with E-state index >= 15 is 0 Å². The van der Waals surface area contributed by atoms with Crippen molar-refractivity contribution in [3.05, 3.63) is 47.2 Å². The second kappa shape index (κ2) is 11.3. The summed E-state index contributed by atoms with van der Waals surface area (Å²) < 4.78 is 5.54. The molecule has 1 fully saturated rings. The molecule has 5 nitrogen and oxygen atoms in total. The molecule has 1 saturated heterocycles. The molecule has 0 bridgehead atoms. The van der Waals surface area contributed by atoms with Crippen molar-refractivity contribution in [3.63, 3.8) is 0 Å². The van der Waals surface area contributed by atoms with Crippen molar-refractivity contribution >= 4 is 0 Å². The Balaban J connectivity index is 0.000000730. The second-order valence-corrected chi connectivity index (χ2v) is 5.60. The molecule has 0 aliphatic carbocycles. The third kappa shape index (κ3) is 5.54. The number of ether oxygens (including phenoxy) is 1. The van der Waals surface area contributed by atoms with Crippen LogP contribution in [-0.2, 0) is 4.74 Å². The average molecular weight is 350 g/mol. The van der Waals surface area contributed by atoms with Gasteiger partial charge in [-0.3, -0.25) is 5.32 Å². The van der Waals surface area contributed by atoms with Crippen molar-refractivity contribution in [2.75, 3.05) is 19.8 Å². The van der Waals surface area contributed by atoms with E-state index in [2.05, 4.69) is 53.0 Å². The van der Waals surface area contributed by atoms with Crippen LogP contribution in [0.2, 0.25) is 0 Å². The van der Waals surface area contributed by atoms with Gasteiger partial charge < -0.3 is 14.9 Å². The number of fused-ring (bicyclic) bond motifs is 1. The summed E-state index contributed by atoms with van der Waals surface area (Å²) in [6, 6.07) is 8.76. The Morgan fingerprint density at radius 2 is 1.80 bits per heavy atom. The fourth-order valence-electron chi connectivity index (χ4n) is 2.83. The van der Waals surface area contributed by atoms with Crippen LogP contribution < -0.4 is 10.7 Å².